The zero-order valence-corrected chi connectivity index (χ0v) is 11.7. The fourth-order valence-corrected chi connectivity index (χ4v) is 3.51. The first-order chi connectivity index (χ1) is 10.1. The number of alkyl halides is 1. The van der Waals surface area contributed by atoms with Crippen molar-refractivity contribution in [3.05, 3.63) is 42.5 Å². The molecule has 0 aliphatic carbocycles. The summed E-state index contributed by atoms with van der Waals surface area (Å²) >= 11 is 6.27. The lowest BCUT2D eigenvalue weighted by Gasteiger charge is -2.50. The van der Waals surface area contributed by atoms with Gasteiger partial charge in [-0.1, -0.05) is 18.2 Å². The van der Waals surface area contributed by atoms with Gasteiger partial charge < -0.3 is 4.90 Å². The summed E-state index contributed by atoms with van der Waals surface area (Å²) in [6.07, 6.45) is 2.74. The zero-order chi connectivity index (χ0) is 14.8. The number of amides is 2. The number of β-lactam (4-membered cyclic amide) rings is 1. The molecule has 3 heterocycles. The van der Waals surface area contributed by atoms with Crippen LogP contribution < -0.4 is 9.91 Å². The van der Waals surface area contributed by atoms with Crippen molar-refractivity contribution in [3.8, 4) is 0 Å². The van der Waals surface area contributed by atoms with Gasteiger partial charge in [-0.15, -0.1) is 21.8 Å². The molecule has 1 aromatic carbocycles. The van der Waals surface area contributed by atoms with E-state index >= 15 is 0 Å². The maximum atomic E-state index is 12.8. The Morgan fingerprint density at radius 2 is 1.86 bits per heavy atom. The normalized spacial score (nSPS) is 27.2. The average molecular weight is 304 g/mol. The number of carbonyl (C=O) groups excluding carboxylic acids is 2. The smallest absolute Gasteiger partial charge is 0.264 e. The van der Waals surface area contributed by atoms with Gasteiger partial charge in [0, 0.05) is 18.3 Å². The molecule has 21 heavy (non-hydrogen) atoms. The lowest BCUT2D eigenvalue weighted by molar-refractivity contribution is -0.140. The number of hydrogen-bond acceptors (Lipinski definition) is 4. The first-order valence-corrected chi connectivity index (χ1v) is 6.74. The molecule has 1 aromatic heterocycles. The molecule has 0 saturated carbocycles. The van der Waals surface area contributed by atoms with Crippen molar-refractivity contribution in [1.82, 2.24) is 14.9 Å². The molecule has 2 aliphatic heterocycles. The van der Waals surface area contributed by atoms with E-state index in [0.29, 0.717) is 5.56 Å². The monoisotopic (exact) mass is 303 g/mol. The Morgan fingerprint density at radius 3 is 2.57 bits per heavy atom. The maximum Gasteiger partial charge on any atom is 0.264 e. The van der Waals surface area contributed by atoms with Crippen LogP contribution in [0.1, 0.15) is 5.56 Å². The molecule has 0 radical (unpaired) electrons. The summed E-state index contributed by atoms with van der Waals surface area (Å²) in [6.45, 7) is 0. The van der Waals surface area contributed by atoms with E-state index in [1.165, 1.54) is 27.2 Å². The number of para-hydroxylation sites is 1. The van der Waals surface area contributed by atoms with Crippen LogP contribution in [-0.4, -0.2) is 39.1 Å². The van der Waals surface area contributed by atoms with Gasteiger partial charge in [-0.25, -0.2) is 9.69 Å². The number of fused-ring (bicyclic) bond motifs is 2. The highest BCUT2D eigenvalue weighted by molar-refractivity contribution is 6.42. The zero-order valence-electron chi connectivity index (χ0n) is 11.0. The second-order valence-electron chi connectivity index (χ2n) is 5.00. The van der Waals surface area contributed by atoms with E-state index in [1.54, 1.807) is 7.05 Å². The lowest BCUT2D eigenvalue weighted by atomic mass is 9.79. The summed E-state index contributed by atoms with van der Waals surface area (Å²) in [5.41, 5.74) is 0.233. The van der Waals surface area contributed by atoms with Gasteiger partial charge in [0.2, 0.25) is 0 Å². The minimum absolute atomic E-state index is 0.239. The predicted molar refractivity (Wildman–Crippen MR) is 74.4 cm³/mol. The van der Waals surface area contributed by atoms with Crippen LogP contribution in [0.2, 0.25) is 0 Å². The van der Waals surface area contributed by atoms with Crippen molar-refractivity contribution >= 4 is 29.1 Å². The molecule has 2 aliphatic rings. The molecule has 0 N–H and O–H groups in total. The topological polar surface area (TPSA) is 71.3 Å². The number of anilines is 1. The van der Waals surface area contributed by atoms with E-state index in [9.17, 15) is 9.59 Å². The largest absolute Gasteiger partial charge is 0.313 e. The molecule has 7 nitrogen and oxygen atoms in total. The summed E-state index contributed by atoms with van der Waals surface area (Å²) in [5, 5.41) is 7.75. The van der Waals surface area contributed by atoms with Crippen LogP contribution in [0.15, 0.2) is 36.9 Å². The second kappa shape index (κ2) is 3.82. The minimum atomic E-state index is -1.23. The maximum absolute atomic E-state index is 12.8. The fraction of sp³-hybridized carbons (Fsp3) is 0.231. The highest BCUT2D eigenvalue weighted by Gasteiger charge is 2.71. The van der Waals surface area contributed by atoms with E-state index < -0.39 is 10.9 Å². The molecule has 0 bridgehead atoms. The number of likely N-dealkylation sites (N-methyl/N-ethyl adjacent to an activating group) is 1. The van der Waals surface area contributed by atoms with Gasteiger partial charge in [0.15, 0.2) is 10.9 Å². The number of hydrogen-bond donors (Lipinski definition) is 0. The summed E-state index contributed by atoms with van der Waals surface area (Å²) in [6, 6.07) is 7.31. The van der Waals surface area contributed by atoms with Crippen LogP contribution in [0.25, 0.3) is 0 Å². The number of nitrogens with zero attached hydrogens (tertiary/aromatic N) is 5. The van der Waals surface area contributed by atoms with Crippen LogP contribution in [0, 0.1) is 0 Å². The molecule has 2 aromatic rings. The predicted octanol–water partition coefficient (Wildman–Crippen LogP) is 0.236. The molecule has 2 atom stereocenters. The third-order valence-corrected chi connectivity index (χ3v) is 4.57. The third kappa shape index (κ3) is 1.20. The number of halogens is 1. The number of rotatable bonds is 1. The Labute approximate surface area is 124 Å². The van der Waals surface area contributed by atoms with Gasteiger partial charge >= 0.3 is 0 Å². The summed E-state index contributed by atoms with van der Waals surface area (Å²) in [4.78, 5) is 26.6. The van der Waals surface area contributed by atoms with Gasteiger partial charge in [0.25, 0.3) is 11.8 Å². The molecule has 2 amide bonds. The molecular formula is C13H10ClN5O2. The Balaban J connectivity index is 1.97. The summed E-state index contributed by atoms with van der Waals surface area (Å²) in [5.74, 6) is -0.591. The van der Waals surface area contributed by atoms with Crippen molar-refractivity contribution in [2.45, 2.75) is 10.9 Å². The Morgan fingerprint density at radius 1 is 1.19 bits per heavy atom. The van der Waals surface area contributed by atoms with Crippen molar-refractivity contribution in [2.24, 2.45) is 0 Å². The summed E-state index contributed by atoms with van der Waals surface area (Å²) < 4.78 is 1.40. The molecule has 1 spiro atoms. The lowest BCUT2D eigenvalue weighted by Crippen LogP contribution is -2.77. The van der Waals surface area contributed by atoms with Crippen molar-refractivity contribution in [3.63, 3.8) is 0 Å². The molecule has 106 valence electrons. The number of benzene rings is 1. The first-order valence-electron chi connectivity index (χ1n) is 6.31. The van der Waals surface area contributed by atoms with E-state index in [2.05, 4.69) is 10.2 Å². The van der Waals surface area contributed by atoms with Crippen LogP contribution >= 0.6 is 11.6 Å². The summed E-state index contributed by atoms with van der Waals surface area (Å²) in [7, 11) is 1.67. The molecule has 4 rings (SSSR count). The van der Waals surface area contributed by atoms with Gasteiger partial charge in [-0.3, -0.25) is 9.59 Å². The quantitative estimate of drug-likeness (QED) is 0.559. The Hall–Kier alpha value is -2.41. The van der Waals surface area contributed by atoms with E-state index in [-0.39, 0.29) is 11.8 Å². The van der Waals surface area contributed by atoms with E-state index in [1.807, 2.05) is 24.3 Å². The molecule has 1 fully saturated rings. The number of aromatic nitrogens is 3. The average Bonchev–Trinajstić information content (AvgIpc) is 3.10. The van der Waals surface area contributed by atoms with Crippen LogP contribution in [0.3, 0.4) is 0 Å². The van der Waals surface area contributed by atoms with Crippen molar-refractivity contribution in [2.75, 3.05) is 17.0 Å². The second-order valence-corrected chi connectivity index (χ2v) is 5.44. The Bertz CT molecular complexity index is 762. The standard InChI is InChI=1S/C13H10ClN5O2/c1-17-9-5-3-2-4-8(9)13(12(17)21)10(14)11(20)19(13)18-6-15-16-7-18/h2-7,10H,1H3. The van der Waals surface area contributed by atoms with Gasteiger partial charge in [-0.05, 0) is 6.07 Å². The Kier molecular flexibility index (Phi) is 2.25. The fourth-order valence-electron chi connectivity index (χ4n) is 3.11. The number of carbonyl (C=O) groups is 2. The van der Waals surface area contributed by atoms with Crippen LogP contribution in [-0.2, 0) is 15.1 Å². The van der Waals surface area contributed by atoms with E-state index in [4.69, 9.17) is 11.6 Å². The first kappa shape index (κ1) is 12.3. The molecule has 8 heteroatoms. The van der Waals surface area contributed by atoms with E-state index in [0.717, 1.165) is 5.69 Å². The SMILES string of the molecule is CN1C(=O)C2(c3ccccc31)C(Cl)C(=O)N2n1cnnc1. The molecular weight excluding hydrogens is 294 g/mol. The van der Waals surface area contributed by atoms with Crippen LogP contribution in [0.4, 0.5) is 5.69 Å². The van der Waals surface area contributed by atoms with Gasteiger partial charge in [0.05, 0.1) is 0 Å². The van der Waals surface area contributed by atoms with Crippen molar-refractivity contribution < 1.29 is 9.59 Å². The highest BCUT2D eigenvalue weighted by Crippen LogP contribution is 2.52. The van der Waals surface area contributed by atoms with Crippen molar-refractivity contribution in [1.29, 1.82) is 0 Å². The molecule has 1 saturated heterocycles. The molecule has 2 unspecified atom stereocenters. The minimum Gasteiger partial charge on any atom is -0.313 e. The van der Waals surface area contributed by atoms with Gasteiger partial charge in [-0.2, -0.15) is 0 Å². The highest BCUT2D eigenvalue weighted by atomic mass is 35.5. The van der Waals surface area contributed by atoms with Crippen LogP contribution in [0.5, 0.6) is 0 Å². The third-order valence-electron chi connectivity index (χ3n) is 4.07. The van der Waals surface area contributed by atoms with Gasteiger partial charge in [0.1, 0.15) is 12.7 Å².